The largest absolute Gasteiger partial charge is 0.334 e. The first-order chi connectivity index (χ1) is 20.1. The third kappa shape index (κ3) is 8.87. The minimum absolute atomic E-state index is 0.127. The monoisotopic (exact) mass is 624 g/mol. The fraction of sp³-hybridized carbons (Fsp3) is 0.412. The van der Waals surface area contributed by atoms with Gasteiger partial charge in [-0.05, 0) is 122 Å². The lowest BCUT2D eigenvalue weighted by molar-refractivity contribution is 0.0170. The highest BCUT2D eigenvalue weighted by atomic mass is 35.5. The number of halogens is 1. The van der Waals surface area contributed by atoms with E-state index in [9.17, 15) is 9.59 Å². The summed E-state index contributed by atoms with van der Waals surface area (Å²) >= 11 is 6.48. The molecule has 2 amide bonds. The second-order valence-electron chi connectivity index (χ2n) is 12.8. The van der Waals surface area contributed by atoms with Crippen molar-refractivity contribution >= 4 is 43.4 Å². The maximum absolute atomic E-state index is 14.0. The van der Waals surface area contributed by atoms with Crippen LogP contribution >= 0.6 is 20.2 Å². The van der Waals surface area contributed by atoms with Gasteiger partial charge in [0.15, 0.2) is 0 Å². The number of fused-ring (bicyclic) bond motifs is 1. The number of aryl methyl sites for hydroxylation is 2. The molecular formula is C34H42ClN2O5P. The fourth-order valence-corrected chi connectivity index (χ4v) is 6.45. The van der Waals surface area contributed by atoms with Gasteiger partial charge in [-0.15, -0.1) is 0 Å². The molecule has 0 saturated heterocycles. The van der Waals surface area contributed by atoms with Crippen LogP contribution in [0.25, 0.3) is 0 Å². The van der Waals surface area contributed by atoms with Gasteiger partial charge in [-0.25, -0.2) is 0 Å². The molecular weight excluding hydrogens is 583 g/mol. The van der Waals surface area contributed by atoms with Crippen LogP contribution in [0.15, 0.2) is 60.7 Å². The Morgan fingerprint density at radius 2 is 1.56 bits per heavy atom. The first-order valence-corrected chi connectivity index (χ1v) is 16.0. The zero-order valence-corrected chi connectivity index (χ0v) is 27.9. The van der Waals surface area contributed by atoms with Crippen molar-refractivity contribution < 1.29 is 23.2 Å². The van der Waals surface area contributed by atoms with Gasteiger partial charge in [-0.1, -0.05) is 29.8 Å². The first-order valence-electron chi connectivity index (χ1n) is 14.6. The van der Waals surface area contributed by atoms with Gasteiger partial charge >= 0.3 is 8.60 Å². The number of amides is 2. The second-order valence-corrected chi connectivity index (χ2v) is 14.3. The molecule has 3 aromatic rings. The zero-order chi connectivity index (χ0) is 31.5. The highest BCUT2D eigenvalue weighted by Crippen LogP contribution is 2.53. The second kappa shape index (κ2) is 13.5. The summed E-state index contributed by atoms with van der Waals surface area (Å²) < 4.78 is 19.0. The van der Waals surface area contributed by atoms with E-state index in [0.29, 0.717) is 41.2 Å². The molecule has 7 nitrogen and oxygen atoms in total. The van der Waals surface area contributed by atoms with Gasteiger partial charge in [0.05, 0.1) is 17.3 Å². The molecule has 4 rings (SSSR count). The summed E-state index contributed by atoms with van der Waals surface area (Å²) in [5, 5.41) is 3.52. The molecule has 0 fully saturated rings. The summed E-state index contributed by atoms with van der Waals surface area (Å²) in [5.41, 5.74) is 4.09. The summed E-state index contributed by atoms with van der Waals surface area (Å²) in [4.78, 5) is 28.7. The fourth-order valence-electron chi connectivity index (χ4n) is 4.83. The number of carbonyl (C=O) groups is 2. The van der Waals surface area contributed by atoms with Crippen LogP contribution in [0.5, 0.6) is 0 Å². The average molecular weight is 625 g/mol. The Kier molecular flexibility index (Phi) is 10.4. The van der Waals surface area contributed by atoms with Crippen molar-refractivity contribution in [2.45, 2.75) is 85.5 Å². The lowest BCUT2D eigenvalue weighted by atomic mass is 10.0. The van der Waals surface area contributed by atoms with Gasteiger partial charge < -0.3 is 23.8 Å². The minimum Gasteiger partial charge on any atom is -0.322 e. The Hall–Kier alpha value is -2.80. The van der Waals surface area contributed by atoms with E-state index in [-0.39, 0.29) is 17.9 Å². The van der Waals surface area contributed by atoms with Crippen molar-refractivity contribution in [1.29, 1.82) is 0 Å². The molecule has 0 aromatic heterocycles. The number of benzene rings is 3. The van der Waals surface area contributed by atoms with Gasteiger partial charge in [-0.2, -0.15) is 0 Å². The molecule has 230 valence electrons. The number of nitrogens with one attached hydrogen (secondary N) is 1. The molecule has 0 radical (unpaired) electrons. The number of anilines is 2. The third-order valence-corrected chi connectivity index (χ3v) is 8.79. The van der Waals surface area contributed by atoms with Crippen LogP contribution in [0.3, 0.4) is 0 Å². The maximum Gasteiger partial charge on any atom is 0.334 e. The normalized spacial score (nSPS) is 15.7. The minimum atomic E-state index is -1.70. The molecule has 0 saturated carbocycles. The molecule has 0 bridgehead atoms. The average Bonchev–Trinajstić information content (AvgIpc) is 3.05. The molecule has 1 N–H and O–H groups in total. The topological polar surface area (TPSA) is 77.1 Å². The molecule has 1 atom stereocenters. The van der Waals surface area contributed by atoms with Crippen LogP contribution in [0, 0.1) is 13.8 Å². The van der Waals surface area contributed by atoms with E-state index < -0.39 is 19.8 Å². The van der Waals surface area contributed by atoms with E-state index in [1.54, 1.807) is 29.2 Å². The standard InChI is InChI=1S/C34H42ClN2O5P/c1-22-12-9-10-13-26(22)31(38)36-25-16-17-27(23(2)20-25)32(39)37-19-11-14-30(28-21-24(35)15-18-29(28)37)40-43(41-33(3,4)5)42-34(6,7)8/h9-10,12-13,15-18,20-21,30H,11,14,19H2,1-8H3,(H,36,38). The Bertz CT molecular complexity index is 1460. The zero-order valence-electron chi connectivity index (χ0n) is 26.3. The molecule has 1 aliphatic heterocycles. The predicted molar refractivity (Wildman–Crippen MR) is 175 cm³/mol. The van der Waals surface area contributed by atoms with Crippen LogP contribution in [-0.2, 0) is 13.6 Å². The lowest BCUT2D eigenvalue weighted by Gasteiger charge is -2.33. The molecule has 0 aliphatic carbocycles. The van der Waals surface area contributed by atoms with Gasteiger partial charge in [0.2, 0.25) is 0 Å². The Morgan fingerprint density at radius 1 is 0.884 bits per heavy atom. The summed E-state index contributed by atoms with van der Waals surface area (Å²) in [6.07, 6.45) is 1.00. The van der Waals surface area contributed by atoms with E-state index >= 15 is 0 Å². The number of hydrogen-bond acceptors (Lipinski definition) is 5. The van der Waals surface area contributed by atoms with Crippen molar-refractivity contribution in [2.75, 3.05) is 16.8 Å². The van der Waals surface area contributed by atoms with E-state index in [1.807, 2.05) is 91.8 Å². The summed E-state index contributed by atoms with van der Waals surface area (Å²) in [7, 11) is -1.70. The van der Waals surface area contributed by atoms with Crippen molar-refractivity contribution in [3.63, 3.8) is 0 Å². The van der Waals surface area contributed by atoms with Crippen molar-refractivity contribution in [1.82, 2.24) is 0 Å². The van der Waals surface area contributed by atoms with Crippen molar-refractivity contribution in [2.24, 2.45) is 0 Å². The first kappa shape index (κ1) is 33.1. The van der Waals surface area contributed by atoms with Gasteiger partial charge in [0, 0.05) is 39.6 Å². The molecule has 1 heterocycles. The van der Waals surface area contributed by atoms with Crippen LogP contribution in [-0.4, -0.2) is 29.6 Å². The molecule has 43 heavy (non-hydrogen) atoms. The van der Waals surface area contributed by atoms with E-state index in [4.69, 9.17) is 25.2 Å². The quantitative estimate of drug-likeness (QED) is 0.265. The molecule has 0 spiro atoms. The SMILES string of the molecule is Cc1ccccc1C(=O)Nc1ccc(C(=O)N2CCCC(OP(OC(C)(C)C)OC(C)(C)C)c3cc(Cl)ccc32)c(C)c1. The smallest absolute Gasteiger partial charge is 0.322 e. The van der Waals surface area contributed by atoms with Crippen LogP contribution in [0.2, 0.25) is 5.02 Å². The Balaban J connectivity index is 1.60. The predicted octanol–water partition coefficient (Wildman–Crippen LogP) is 9.56. The number of rotatable bonds is 7. The van der Waals surface area contributed by atoms with Crippen LogP contribution in [0.4, 0.5) is 11.4 Å². The number of carbonyl (C=O) groups excluding carboxylic acids is 2. The van der Waals surface area contributed by atoms with Gasteiger partial charge in [0.1, 0.15) is 0 Å². The Morgan fingerprint density at radius 3 is 2.19 bits per heavy atom. The van der Waals surface area contributed by atoms with E-state index in [0.717, 1.165) is 22.4 Å². The molecule has 1 aliphatic rings. The lowest BCUT2D eigenvalue weighted by Crippen LogP contribution is -2.32. The summed E-state index contributed by atoms with van der Waals surface area (Å²) in [6, 6.07) is 18.3. The van der Waals surface area contributed by atoms with Gasteiger partial charge in [0.25, 0.3) is 11.8 Å². The van der Waals surface area contributed by atoms with Crippen molar-refractivity contribution in [3.05, 3.63) is 93.5 Å². The molecule has 1 unspecified atom stereocenters. The molecule has 3 aromatic carbocycles. The Labute approximate surface area is 261 Å². The van der Waals surface area contributed by atoms with Gasteiger partial charge in [-0.3, -0.25) is 9.59 Å². The van der Waals surface area contributed by atoms with E-state index in [2.05, 4.69) is 5.32 Å². The van der Waals surface area contributed by atoms with Crippen LogP contribution in [0.1, 0.15) is 97.9 Å². The summed E-state index contributed by atoms with van der Waals surface area (Å²) in [6.45, 7) is 16.1. The van der Waals surface area contributed by atoms with Crippen LogP contribution < -0.4 is 10.2 Å². The third-order valence-electron chi connectivity index (χ3n) is 6.73. The molecule has 9 heteroatoms. The number of nitrogens with zero attached hydrogens (tertiary/aromatic N) is 1. The van der Waals surface area contributed by atoms with E-state index in [1.165, 1.54) is 0 Å². The maximum atomic E-state index is 14.0. The van der Waals surface area contributed by atoms with Crippen molar-refractivity contribution in [3.8, 4) is 0 Å². The highest BCUT2D eigenvalue weighted by Gasteiger charge is 2.34. The number of hydrogen-bond donors (Lipinski definition) is 1. The summed E-state index contributed by atoms with van der Waals surface area (Å²) in [5.74, 6) is -0.315. The highest BCUT2D eigenvalue weighted by molar-refractivity contribution is 7.41.